The SMILES string of the molecule is CCc1nsc(NCc2cc(=O)[nH]c(SC)n2)n1. The van der Waals surface area contributed by atoms with E-state index in [-0.39, 0.29) is 5.56 Å². The molecule has 2 heterocycles. The van der Waals surface area contributed by atoms with Crippen molar-refractivity contribution in [3.63, 3.8) is 0 Å². The molecule has 0 aromatic carbocycles. The van der Waals surface area contributed by atoms with Gasteiger partial charge in [0.2, 0.25) is 5.13 Å². The summed E-state index contributed by atoms with van der Waals surface area (Å²) in [4.78, 5) is 22.6. The van der Waals surface area contributed by atoms with Crippen LogP contribution in [0.1, 0.15) is 18.4 Å². The van der Waals surface area contributed by atoms with E-state index in [4.69, 9.17) is 0 Å². The molecule has 0 radical (unpaired) electrons. The summed E-state index contributed by atoms with van der Waals surface area (Å²) < 4.78 is 4.17. The topological polar surface area (TPSA) is 83.6 Å². The van der Waals surface area contributed by atoms with Crippen molar-refractivity contribution in [3.8, 4) is 0 Å². The van der Waals surface area contributed by atoms with Crippen LogP contribution in [0.5, 0.6) is 0 Å². The van der Waals surface area contributed by atoms with Gasteiger partial charge in [0.05, 0.1) is 12.2 Å². The molecule has 0 aliphatic heterocycles. The Morgan fingerprint density at radius 3 is 3.00 bits per heavy atom. The second-order valence-corrected chi connectivity index (χ2v) is 5.02. The standard InChI is InChI=1S/C10H13N5OS2/c1-3-7-13-9(18-15-7)11-5-6-4-8(16)14-10(12-6)17-2/h4H,3,5H2,1-2H3,(H,11,13,15)(H,12,14,16). The summed E-state index contributed by atoms with van der Waals surface area (Å²) in [5, 5.41) is 4.48. The Morgan fingerprint density at radius 1 is 1.50 bits per heavy atom. The van der Waals surface area contributed by atoms with E-state index in [0.29, 0.717) is 17.4 Å². The lowest BCUT2D eigenvalue weighted by molar-refractivity contribution is 0.872. The molecule has 0 aliphatic carbocycles. The van der Waals surface area contributed by atoms with Crippen LogP contribution >= 0.6 is 23.3 Å². The van der Waals surface area contributed by atoms with Crippen LogP contribution < -0.4 is 10.9 Å². The molecule has 6 nitrogen and oxygen atoms in total. The molecule has 2 aromatic rings. The normalized spacial score (nSPS) is 10.6. The van der Waals surface area contributed by atoms with Crippen LogP contribution in [-0.4, -0.2) is 25.6 Å². The zero-order chi connectivity index (χ0) is 13.0. The molecular weight excluding hydrogens is 270 g/mol. The number of hydrogen-bond donors (Lipinski definition) is 2. The van der Waals surface area contributed by atoms with Gasteiger partial charge in [0.15, 0.2) is 5.16 Å². The molecular formula is C10H13N5OS2. The number of hydrogen-bond acceptors (Lipinski definition) is 7. The van der Waals surface area contributed by atoms with E-state index < -0.39 is 0 Å². The molecule has 2 N–H and O–H groups in total. The van der Waals surface area contributed by atoms with Crippen molar-refractivity contribution < 1.29 is 0 Å². The summed E-state index contributed by atoms with van der Waals surface area (Å²) in [5.74, 6) is 0.825. The number of rotatable bonds is 5. The van der Waals surface area contributed by atoms with Gasteiger partial charge in [-0.15, -0.1) is 0 Å². The van der Waals surface area contributed by atoms with E-state index in [2.05, 4.69) is 24.6 Å². The molecule has 0 unspecified atom stereocenters. The first-order valence-corrected chi connectivity index (χ1v) is 7.41. The third kappa shape index (κ3) is 3.30. The van der Waals surface area contributed by atoms with E-state index in [1.165, 1.54) is 29.4 Å². The highest BCUT2D eigenvalue weighted by atomic mass is 32.2. The fraction of sp³-hybridized carbons (Fsp3) is 0.400. The molecule has 8 heteroatoms. The molecule has 0 amide bonds. The van der Waals surface area contributed by atoms with E-state index >= 15 is 0 Å². The molecule has 0 saturated carbocycles. The number of anilines is 1. The van der Waals surface area contributed by atoms with E-state index in [9.17, 15) is 4.79 Å². The molecule has 2 aromatic heterocycles. The molecule has 0 fully saturated rings. The van der Waals surface area contributed by atoms with Gasteiger partial charge in [-0.05, 0) is 6.26 Å². The van der Waals surface area contributed by atoms with Crippen LogP contribution in [0, 0.1) is 0 Å². The minimum atomic E-state index is -0.141. The quantitative estimate of drug-likeness (QED) is 0.639. The molecule has 18 heavy (non-hydrogen) atoms. The average Bonchev–Trinajstić information content (AvgIpc) is 2.83. The lowest BCUT2D eigenvalue weighted by Crippen LogP contribution is -2.12. The number of nitrogens with one attached hydrogen (secondary N) is 2. The Balaban J connectivity index is 2.05. The Morgan fingerprint density at radius 2 is 2.33 bits per heavy atom. The zero-order valence-electron chi connectivity index (χ0n) is 10.1. The molecule has 0 atom stereocenters. The molecule has 0 bridgehead atoms. The van der Waals surface area contributed by atoms with Crippen LogP contribution in [0.4, 0.5) is 5.13 Å². The Labute approximate surface area is 112 Å². The fourth-order valence-electron chi connectivity index (χ4n) is 1.31. The van der Waals surface area contributed by atoms with Crippen molar-refractivity contribution in [2.75, 3.05) is 11.6 Å². The van der Waals surface area contributed by atoms with Gasteiger partial charge in [-0.25, -0.2) is 9.97 Å². The largest absolute Gasteiger partial charge is 0.355 e. The van der Waals surface area contributed by atoms with Gasteiger partial charge >= 0.3 is 0 Å². The third-order valence-corrected chi connectivity index (χ3v) is 3.46. The average molecular weight is 283 g/mol. The Hall–Kier alpha value is -1.41. The van der Waals surface area contributed by atoms with Crippen LogP contribution in [0.3, 0.4) is 0 Å². The Bertz CT molecular complexity index is 580. The van der Waals surface area contributed by atoms with Gasteiger partial charge in [0.1, 0.15) is 5.82 Å². The zero-order valence-corrected chi connectivity index (χ0v) is 11.7. The highest BCUT2D eigenvalue weighted by Gasteiger charge is 2.04. The molecule has 2 rings (SSSR count). The monoisotopic (exact) mass is 283 g/mol. The summed E-state index contributed by atoms with van der Waals surface area (Å²) >= 11 is 2.72. The van der Waals surface area contributed by atoms with Crippen molar-refractivity contribution in [1.29, 1.82) is 0 Å². The third-order valence-electron chi connectivity index (χ3n) is 2.17. The van der Waals surface area contributed by atoms with Gasteiger partial charge in [0.25, 0.3) is 5.56 Å². The fourth-order valence-corrected chi connectivity index (χ4v) is 2.36. The van der Waals surface area contributed by atoms with Crippen molar-refractivity contribution in [1.82, 2.24) is 19.3 Å². The van der Waals surface area contributed by atoms with Crippen molar-refractivity contribution in [3.05, 3.63) is 27.9 Å². The first kappa shape index (κ1) is 13.0. The number of nitrogens with zero attached hydrogens (tertiary/aromatic N) is 3. The van der Waals surface area contributed by atoms with Crippen molar-refractivity contribution >= 4 is 28.4 Å². The van der Waals surface area contributed by atoms with Crippen molar-refractivity contribution in [2.45, 2.75) is 25.0 Å². The second kappa shape index (κ2) is 5.96. The molecule has 0 saturated heterocycles. The van der Waals surface area contributed by atoms with Gasteiger partial charge in [0, 0.05) is 24.0 Å². The maximum Gasteiger partial charge on any atom is 0.251 e. The highest BCUT2D eigenvalue weighted by molar-refractivity contribution is 7.98. The number of thioether (sulfide) groups is 1. The number of aromatic nitrogens is 4. The maximum atomic E-state index is 11.4. The first-order chi connectivity index (χ1) is 8.71. The van der Waals surface area contributed by atoms with Crippen LogP contribution in [0.2, 0.25) is 0 Å². The smallest absolute Gasteiger partial charge is 0.251 e. The van der Waals surface area contributed by atoms with Crippen molar-refractivity contribution in [2.24, 2.45) is 0 Å². The minimum Gasteiger partial charge on any atom is -0.355 e. The van der Waals surface area contributed by atoms with Crippen LogP contribution in [0.15, 0.2) is 16.0 Å². The summed E-state index contributed by atoms with van der Waals surface area (Å²) in [6.45, 7) is 2.48. The lowest BCUT2D eigenvalue weighted by Gasteiger charge is -2.02. The minimum absolute atomic E-state index is 0.141. The number of aromatic amines is 1. The molecule has 0 aliphatic rings. The van der Waals surface area contributed by atoms with E-state index in [1.807, 2.05) is 13.2 Å². The highest BCUT2D eigenvalue weighted by Crippen LogP contribution is 2.12. The predicted molar refractivity (Wildman–Crippen MR) is 73.3 cm³/mol. The van der Waals surface area contributed by atoms with Gasteiger partial charge < -0.3 is 10.3 Å². The molecule has 96 valence electrons. The predicted octanol–water partition coefficient (Wildman–Crippen LogP) is 1.52. The summed E-state index contributed by atoms with van der Waals surface area (Å²) in [7, 11) is 0. The van der Waals surface area contributed by atoms with Crippen LogP contribution in [-0.2, 0) is 13.0 Å². The lowest BCUT2D eigenvalue weighted by atomic mass is 10.4. The number of H-pyrrole nitrogens is 1. The summed E-state index contributed by atoms with van der Waals surface area (Å²) in [5.41, 5.74) is 0.550. The number of aryl methyl sites for hydroxylation is 1. The Kier molecular flexibility index (Phi) is 4.32. The second-order valence-electron chi connectivity index (χ2n) is 3.47. The van der Waals surface area contributed by atoms with Gasteiger partial charge in [-0.2, -0.15) is 4.37 Å². The van der Waals surface area contributed by atoms with E-state index in [1.54, 1.807) is 0 Å². The van der Waals surface area contributed by atoms with Crippen LogP contribution in [0.25, 0.3) is 0 Å². The van der Waals surface area contributed by atoms with Gasteiger partial charge in [-0.3, -0.25) is 4.79 Å². The van der Waals surface area contributed by atoms with Gasteiger partial charge in [-0.1, -0.05) is 18.7 Å². The van der Waals surface area contributed by atoms with E-state index in [0.717, 1.165) is 17.4 Å². The molecule has 0 spiro atoms. The summed E-state index contributed by atoms with van der Waals surface area (Å²) in [6, 6.07) is 1.48. The first-order valence-electron chi connectivity index (χ1n) is 5.42. The maximum absolute atomic E-state index is 11.4. The summed E-state index contributed by atoms with van der Waals surface area (Å²) in [6.07, 6.45) is 2.69.